The fourth-order valence-electron chi connectivity index (χ4n) is 8.13. The predicted molar refractivity (Wildman–Crippen MR) is 213 cm³/mol. The van der Waals surface area contributed by atoms with Gasteiger partial charge in [0.25, 0.3) is 5.91 Å². The predicted octanol–water partition coefficient (Wildman–Crippen LogP) is 4.75. The number of hydrogen-bond donors (Lipinski definition) is 3. The van der Waals surface area contributed by atoms with Gasteiger partial charge in [-0.05, 0) is 43.6 Å². The van der Waals surface area contributed by atoms with Crippen molar-refractivity contribution in [2.45, 2.75) is 115 Å². The second-order valence-electron chi connectivity index (χ2n) is 15.7. The molecule has 2 saturated heterocycles. The highest BCUT2D eigenvalue weighted by Gasteiger charge is 2.46. The van der Waals surface area contributed by atoms with Crippen LogP contribution in [0.1, 0.15) is 84.2 Å². The summed E-state index contributed by atoms with van der Waals surface area (Å²) in [5.41, 5.74) is -2.07. The Morgan fingerprint density at radius 2 is 1.80 bits per heavy atom. The van der Waals surface area contributed by atoms with Gasteiger partial charge in [0, 0.05) is 52.4 Å². The van der Waals surface area contributed by atoms with E-state index in [0.717, 1.165) is 11.4 Å². The summed E-state index contributed by atoms with van der Waals surface area (Å²) < 4.78 is 27.3. The summed E-state index contributed by atoms with van der Waals surface area (Å²) >= 11 is 1.50. The molecule has 0 spiro atoms. The fourth-order valence-corrected chi connectivity index (χ4v) is 8.83. The van der Waals surface area contributed by atoms with Crippen molar-refractivity contribution < 1.29 is 33.0 Å². The third-order valence-corrected chi connectivity index (χ3v) is 12.5. The Morgan fingerprint density at radius 3 is 2.36 bits per heavy atom. The van der Waals surface area contributed by atoms with Crippen LogP contribution in [0.25, 0.3) is 0 Å². The first-order chi connectivity index (χ1) is 26.3. The van der Waals surface area contributed by atoms with Crippen molar-refractivity contribution in [3.8, 4) is 0 Å². The molecule has 55 heavy (non-hydrogen) atoms. The van der Waals surface area contributed by atoms with Gasteiger partial charge < -0.3 is 35.2 Å². The van der Waals surface area contributed by atoms with Crippen molar-refractivity contribution in [1.29, 1.82) is 0 Å². The number of nitrogens with one attached hydrogen (secondary N) is 3. The summed E-state index contributed by atoms with van der Waals surface area (Å²) in [5.74, 6) is -2.32. The highest BCUT2D eigenvalue weighted by Crippen LogP contribution is 2.31. The standard InChI is InChI=1S/C41H63FN6O6S/c1-9-27(4)35(47(6)39(51)34(26(2)3)46-40(52)41(42)18-19-43-25-41)32(53-7)24-33(49)48-21-14-17-31(48)36(54-8)28(5)37(50)45-30(38-44-20-22-55-38)23-29-15-12-10-11-13-16-29/h10-13,15-16,20,22,26-32,34-36,43H,9,14,17-19,21,23-25H2,1-8H3,(H,45,50)(H,46,52)/t27-,28+,30+,31-,32+,34-,35-,36+,41+/m0/s1. The molecule has 0 unspecified atom stereocenters. The third kappa shape index (κ3) is 11.1. The van der Waals surface area contributed by atoms with Gasteiger partial charge in [0.2, 0.25) is 23.4 Å². The number of ether oxygens (including phenoxy) is 2. The zero-order valence-electron chi connectivity index (χ0n) is 33.8. The fraction of sp³-hybridized carbons (Fsp3) is 0.683. The lowest BCUT2D eigenvalue weighted by molar-refractivity contribution is -0.148. The van der Waals surface area contributed by atoms with Crippen molar-refractivity contribution >= 4 is 35.0 Å². The molecule has 306 valence electrons. The van der Waals surface area contributed by atoms with Crippen LogP contribution in [0, 0.1) is 23.7 Å². The molecule has 9 atom stereocenters. The molecule has 0 aromatic carbocycles. The number of halogens is 1. The van der Waals surface area contributed by atoms with Crippen LogP contribution < -0.4 is 16.0 Å². The van der Waals surface area contributed by atoms with Gasteiger partial charge in [-0.15, -0.1) is 11.3 Å². The Bertz CT molecular complexity index is 1500. The summed E-state index contributed by atoms with van der Waals surface area (Å²) in [7, 11) is 4.78. The lowest BCUT2D eigenvalue weighted by Crippen LogP contribution is -2.59. The van der Waals surface area contributed by atoms with E-state index in [1.54, 1.807) is 30.2 Å². The Labute approximate surface area is 330 Å². The largest absolute Gasteiger partial charge is 0.379 e. The number of rotatable bonds is 19. The maximum Gasteiger partial charge on any atom is 0.259 e. The van der Waals surface area contributed by atoms with Gasteiger partial charge in [-0.1, -0.05) is 77.5 Å². The van der Waals surface area contributed by atoms with E-state index in [2.05, 4.69) is 33.1 Å². The summed E-state index contributed by atoms with van der Waals surface area (Å²) in [6.07, 6.45) is 15.5. The Balaban J connectivity index is 1.47. The van der Waals surface area contributed by atoms with Crippen LogP contribution >= 0.6 is 11.3 Å². The molecule has 2 fully saturated rings. The van der Waals surface area contributed by atoms with E-state index in [0.29, 0.717) is 32.4 Å². The van der Waals surface area contributed by atoms with Crippen LogP contribution in [-0.4, -0.2) is 115 Å². The number of allylic oxidation sites excluding steroid dienone is 6. The van der Waals surface area contributed by atoms with Crippen LogP contribution in [0.4, 0.5) is 4.39 Å². The molecule has 12 nitrogen and oxygen atoms in total. The minimum Gasteiger partial charge on any atom is -0.379 e. The van der Waals surface area contributed by atoms with E-state index in [9.17, 15) is 19.2 Å². The SMILES string of the molecule is CC[C@H](C)[C@@H]([C@@H](CC(=O)N1CCC[C@H]1[C@H](OC)[C@@H](C)C(=O)N[C@H](CC1C=CC=CC=C1)c1nccs1)OC)N(C)C(=O)[C@@H](NC(=O)[C@@]1(F)CCNC1)C(C)C. The number of alkyl halides is 1. The average molecular weight is 787 g/mol. The first-order valence-corrected chi connectivity index (χ1v) is 20.7. The Hall–Kier alpha value is -3.46. The number of carbonyl (C=O) groups is 4. The average Bonchev–Trinajstić information content (AvgIpc) is 3.94. The number of hydrogen-bond acceptors (Lipinski definition) is 9. The van der Waals surface area contributed by atoms with Crippen molar-refractivity contribution in [2.75, 3.05) is 40.9 Å². The highest BCUT2D eigenvalue weighted by molar-refractivity contribution is 7.09. The van der Waals surface area contributed by atoms with E-state index < -0.39 is 41.8 Å². The smallest absolute Gasteiger partial charge is 0.259 e. The molecule has 2 aliphatic heterocycles. The maximum atomic E-state index is 15.3. The molecule has 3 aliphatic rings. The summed E-state index contributed by atoms with van der Waals surface area (Å²) in [6, 6.07) is -2.12. The molecule has 0 bridgehead atoms. The van der Waals surface area contributed by atoms with Crippen molar-refractivity contribution in [3.63, 3.8) is 0 Å². The Morgan fingerprint density at radius 1 is 1.09 bits per heavy atom. The normalized spacial score (nSPS) is 23.8. The number of carbonyl (C=O) groups excluding carboxylic acids is 4. The molecule has 1 aromatic rings. The van der Waals surface area contributed by atoms with Gasteiger partial charge in [0.15, 0.2) is 0 Å². The molecule has 1 aromatic heterocycles. The maximum absolute atomic E-state index is 15.3. The minimum absolute atomic E-state index is 0.00198. The first-order valence-electron chi connectivity index (χ1n) is 19.8. The van der Waals surface area contributed by atoms with Crippen molar-refractivity contribution in [3.05, 3.63) is 53.0 Å². The monoisotopic (exact) mass is 786 g/mol. The first kappa shape index (κ1) is 44.3. The number of nitrogens with zero attached hydrogens (tertiary/aromatic N) is 3. The Kier molecular flexibility index (Phi) is 16.6. The molecule has 0 saturated carbocycles. The van der Waals surface area contributed by atoms with Crippen molar-refractivity contribution in [1.82, 2.24) is 30.7 Å². The van der Waals surface area contributed by atoms with Gasteiger partial charge in [-0.25, -0.2) is 9.37 Å². The molecule has 14 heteroatoms. The summed E-state index contributed by atoms with van der Waals surface area (Å²) in [6.45, 7) is 10.3. The quantitative estimate of drug-likeness (QED) is 0.183. The zero-order chi connectivity index (χ0) is 40.3. The third-order valence-electron chi connectivity index (χ3n) is 11.6. The van der Waals surface area contributed by atoms with E-state index in [4.69, 9.17) is 9.47 Å². The topological polar surface area (TPSA) is 142 Å². The van der Waals surface area contributed by atoms with Gasteiger partial charge in [0.1, 0.15) is 11.0 Å². The number of likely N-dealkylation sites (N-methyl/N-ethyl adjacent to an activating group) is 1. The van der Waals surface area contributed by atoms with Crippen LogP contribution in [0.3, 0.4) is 0 Å². The van der Waals surface area contributed by atoms with Gasteiger partial charge in [-0.2, -0.15) is 0 Å². The lowest BCUT2D eigenvalue weighted by atomic mass is 9.89. The number of likely N-dealkylation sites (tertiary alicyclic amines) is 1. The van der Waals surface area contributed by atoms with Crippen LogP contribution in [-0.2, 0) is 28.7 Å². The molecule has 4 amide bonds. The summed E-state index contributed by atoms with van der Waals surface area (Å²) in [4.78, 5) is 63.2. The van der Waals surface area contributed by atoms with Crippen molar-refractivity contribution in [2.24, 2.45) is 23.7 Å². The minimum atomic E-state index is -2.07. The zero-order valence-corrected chi connectivity index (χ0v) is 34.7. The highest BCUT2D eigenvalue weighted by atomic mass is 32.1. The van der Waals surface area contributed by atoms with E-state index in [1.807, 2.05) is 64.3 Å². The number of methoxy groups -OCH3 is 2. The van der Waals surface area contributed by atoms with Gasteiger partial charge in [0.05, 0.1) is 42.7 Å². The molecule has 3 heterocycles. The number of aromatic nitrogens is 1. The lowest BCUT2D eigenvalue weighted by Gasteiger charge is -2.41. The summed E-state index contributed by atoms with van der Waals surface area (Å²) in [5, 5.41) is 11.6. The van der Waals surface area contributed by atoms with Gasteiger partial charge in [-0.3, -0.25) is 19.2 Å². The van der Waals surface area contributed by atoms with E-state index >= 15 is 4.39 Å². The molecular formula is C41H63FN6O6S. The van der Waals surface area contributed by atoms with Crippen LogP contribution in [0.2, 0.25) is 0 Å². The molecule has 0 radical (unpaired) electrons. The number of thiazole rings is 1. The molecule has 4 rings (SSSR count). The van der Waals surface area contributed by atoms with E-state index in [-0.39, 0.29) is 66.9 Å². The molecular weight excluding hydrogens is 724 g/mol. The molecule has 1 aliphatic carbocycles. The van der Waals surface area contributed by atoms with Crippen LogP contribution in [0.15, 0.2) is 48.0 Å². The second kappa shape index (κ2) is 20.6. The van der Waals surface area contributed by atoms with E-state index in [1.165, 1.54) is 18.4 Å². The molecule has 3 N–H and O–H groups in total. The van der Waals surface area contributed by atoms with Gasteiger partial charge >= 0.3 is 0 Å². The number of amides is 4. The van der Waals surface area contributed by atoms with Crippen LogP contribution in [0.5, 0.6) is 0 Å². The second-order valence-corrected chi connectivity index (χ2v) is 16.6.